The standard InChI is InChI=1S/C24H20BN3O6/c1-3-24(31)16-7-19-21-14(9-28(19)22(29)15(16)10-34-23(24)30)11(2)20-13-6-12(25(32)33)8-26-17(13)4-5-18(20)27-21/h4-8,31-33H,3,9-10H2,1-2H3/t24-/m0/s1. The third-order valence-electron chi connectivity index (χ3n) is 7.11. The van der Waals surface area contributed by atoms with Crippen molar-refractivity contribution in [3.8, 4) is 11.4 Å². The minimum Gasteiger partial charge on any atom is -0.458 e. The molecule has 0 unspecified atom stereocenters. The highest BCUT2D eigenvalue weighted by molar-refractivity contribution is 6.58. The normalized spacial score (nSPS) is 18.6. The van der Waals surface area contributed by atoms with Crippen LogP contribution in [-0.2, 0) is 28.3 Å². The fourth-order valence-corrected chi connectivity index (χ4v) is 5.16. The first-order valence-corrected chi connectivity index (χ1v) is 11.0. The minimum atomic E-state index is -1.87. The number of ether oxygens (including phenoxy) is 1. The van der Waals surface area contributed by atoms with Crippen molar-refractivity contribution in [1.82, 2.24) is 14.5 Å². The molecule has 0 amide bonds. The van der Waals surface area contributed by atoms with E-state index >= 15 is 0 Å². The maximum absolute atomic E-state index is 13.4. The molecule has 0 fully saturated rings. The number of esters is 1. The van der Waals surface area contributed by atoms with Crippen molar-refractivity contribution in [2.75, 3.05) is 0 Å². The summed E-state index contributed by atoms with van der Waals surface area (Å²) in [5.41, 5.74) is 2.90. The Kier molecular flexibility index (Phi) is 4.29. The molecule has 1 aromatic carbocycles. The highest BCUT2D eigenvalue weighted by atomic mass is 16.6. The van der Waals surface area contributed by atoms with Crippen LogP contribution in [0.2, 0.25) is 0 Å². The highest BCUT2D eigenvalue weighted by Crippen LogP contribution is 2.40. The SMILES string of the molecule is CC[C@@]1(O)C(=O)OCc2c1cc1n(c2=O)Cc2c-1nc1ccc3ncc(B(O)O)cc3c1c2C. The maximum Gasteiger partial charge on any atom is 0.490 e. The van der Waals surface area contributed by atoms with Gasteiger partial charge in [-0.1, -0.05) is 13.0 Å². The van der Waals surface area contributed by atoms with Crippen molar-refractivity contribution in [2.24, 2.45) is 0 Å². The number of hydrogen-bond acceptors (Lipinski definition) is 8. The van der Waals surface area contributed by atoms with Gasteiger partial charge in [0.05, 0.1) is 34.5 Å². The van der Waals surface area contributed by atoms with Gasteiger partial charge in [-0.05, 0) is 37.1 Å². The Labute approximate surface area is 193 Å². The van der Waals surface area contributed by atoms with Gasteiger partial charge in [0.1, 0.15) is 6.61 Å². The van der Waals surface area contributed by atoms with Crippen molar-refractivity contribution in [3.63, 3.8) is 0 Å². The number of aliphatic hydroxyl groups is 1. The zero-order chi connectivity index (χ0) is 23.9. The second-order valence-electron chi connectivity index (χ2n) is 8.84. The predicted molar refractivity (Wildman–Crippen MR) is 124 cm³/mol. The number of fused-ring (bicyclic) bond motifs is 7. The van der Waals surface area contributed by atoms with Crippen LogP contribution in [0.4, 0.5) is 0 Å². The number of benzene rings is 1. The van der Waals surface area contributed by atoms with Gasteiger partial charge in [0.15, 0.2) is 5.60 Å². The zero-order valence-electron chi connectivity index (χ0n) is 18.5. The molecule has 9 nitrogen and oxygen atoms in total. The van der Waals surface area contributed by atoms with E-state index in [1.54, 1.807) is 23.6 Å². The lowest BCUT2D eigenvalue weighted by molar-refractivity contribution is -0.172. The lowest BCUT2D eigenvalue weighted by Gasteiger charge is -2.31. The van der Waals surface area contributed by atoms with Crippen LogP contribution in [0.3, 0.4) is 0 Å². The van der Waals surface area contributed by atoms with Crippen LogP contribution < -0.4 is 11.0 Å². The van der Waals surface area contributed by atoms with Crippen LogP contribution in [0.1, 0.15) is 35.6 Å². The summed E-state index contributed by atoms with van der Waals surface area (Å²) in [5.74, 6) is -0.756. The Bertz CT molecular complexity index is 1630. The van der Waals surface area contributed by atoms with Crippen molar-refractivity contribution in [2.45, 2.75) is 39.0 Å². The molecule has 0 saturated heterocycles. The predicted octanol–water partition coefficient (Wildman–Crippen LogP) is 0.616. The second-order valence-corrected chi connectivity index (χ2v) is 8.84. The lowest BCUT2D eigenvalue weighted by Crippen LogP contribution is -2.44. The summed E-state index contributed by atoms with van der Waals surface area (Å²) in [6, 6.07) is 7.03. The van der Waals surface area contributed by atoms with Gasteiger partial charge < -0.3 is 24.5 Å². The number of aromatic nitrogens is 3. The topological polar surface area (TPSA) is 135 Å². The summed E-state index contributed by atoms with van der Waals surface area (Å²) in [5, 5.41) is 31.8. The average Bonchev–Trinajstić information content (AvgIpc) is 3.20. The molecule has 6 rings (SSSR count). The molecule has 10 heteroatoms. The van der Waals surface area contributed by atoms with Gasteiger partial charge in [-0.3, -0.25) is 9.78 Å². The summed E-state index contributed by atoms with van der Waals surface area (Å²) in [6.45, 7) is 3.72. The molecular formula is C24H20BN3O6. The molecule has 3 N–H and O–H groups in total. The van der Waals surface area contributed by atoms with E-state index in [2.05, 4.69) is 4.98 Å². The van der Waals surface area contributed by atoms with E-state index in [1.807, 2.05) is 19.1 Å². The first-order valence-electron chi connectivity index (χ1n) is 11.0. The van der Waals surface area contributed by atoms with Gasteiger partial charge >= 0.3 is 13.1 Å². The van der Waals surface area contributed by atoms with Crippen molar-refractivity contribution < 1.29 is 24.7 Å². The van der Waals surface area contributed by atoms with Crippen LogP contribution in [0, 0.1) is 6.92 Å². The van der Waals surface area contributed by atoms with E-state index in [0.717, 1.165) is 21.9 Å². The fourth-order valence-electron chi connectivity index (χ4n) is 5.16. The Balaban J connectivity index is 1.65. The van der Waals surface area contributed by atoms with Gasteiger partial charge in [0.2, 0.25) is 0 Å². The molecule has 0 bridgehead atoms. The monoisotopic (exact) mass is 457 g/mol. The van der Waals surface area contributed by atoms with Crippen LogP contribution in [0.15, 0.2) is 35.3 Å². The van der Waals surface area contributed by atoms with E-state index in [4.69, 9.17) is 9.72 Å². The molecule has 2 aliphatic rings. The van der Waals surface area contributed by atoms with Crippen LogP contribution in [0.5, 0.6) is 0 Å². The number of cyclic esters (lactones) is 1. The average molecular weight is 457 g/mol. The van der Waals surface area contributed by atoms with Crippen molar-refractivity contribution >= 4 is 40.4 Å². The van der Waals surface area contributed by atoms with Crippen LogP contribution in [0.25, 0.3) is 33.2 Å². The molecule has 2 aliphatic heterocycles. The van der Waals surface area contributed by atoms with Gasteiger partial charge in [-0.25, -0.2) is 9.78 Å². The fraction of sp³-hybridized carbons (Fsp3) is 0.250. The van der Waals surface area contributed by atoms with E-state index in [1.165, 1.54) is 6.20 Å². The number of carbonyl (C=O) groups is 1. The van der Waals surface area contributed by atoms with Crippen LogP contribution in [-0.4, -0.2) is 42.8 Å². The molecule has 0 aliphatic carbocycles. The van der Waals surface area contributed by atoms with Gasteiger partial charge in [-0.15, -0.1) is 0 Å². The van der Waals surface area contributed by atoms with Gasteiger partial charge in [0, 0.05) is 33.6 Å². The summed E-state index contributed by atoms with van der Waals surface area (Å²) < 4.78 is 6.73. The number of carbonyl (C=O) groups excluding carboxylic acids is 1. The van der Waals surface area contributed by atoms with E-state index < -0.39 is 18.7 Å². The first kappa shape index (κ1) is 21.0. The number of nitrogens with zero attached hydrogens (tertiary/aromatic N) is 3. The molecule has 1 atom stereocenters. The summed E-state index contributed by atoms with van der Waals surface area (Å²) in [4.78, 5) is 34.9. The molecule has 4 aromatic rings. The summed E-state index contributed by atoms with van der Waals surface area (Å²) in [6.07, 6.45) is 1.50. The second kappa shape index (κ2) is 6.96. The number of aryl methyl sites for hydroxylation is 1. The molecule has 3 aromatic heterocycles. The first-order chi connectivity index (χ1) is 16.2. The summed E-state index contributed by atoms with van der Waals surface area (Å²) >= 11 is 0. The van der Waals surface area contributed by atoms with E-state index in [-0.39, 0.29) is 41.7 Å². The van der Waals surface area contributed by atoms with Crippen molar-refractivity contribution in [1.29, 1.82) is 0 Å². The molecule has 0 spiro atoms. The Morgan fingerprint density at radius 3 is 2.68 bits per heavy atom. The zero-order valence-corrected chi connectivity index (χ0v) is 18.5. The summed E-state index contributed by atoms with van der Waals surface area (Å²) in [7, 11) is -1.65. The molecule has 34 heavy (non-hydrogen) atoms. The number of pyridine rings is 3. The number of rotatable bonds is 2. The van der Waals surface area contributed by atoms with Crippen LogP contribution >= 0.6 is 0 Å². The smallest absolute Gasteiger partial charge is 0.458 e. The van der Waals surface area contributed by atoms with E-state index in [9.17, 15) is 24.7 Å². The Morgan fingerprint density at radius 2 is 1.94 bits per heavy atom. The molecular weight excluding hydrogens is 437 g/mol. The number of hydrogen-bond donors (Lipinski definition) is 3. The lowest BCUT2D eigenvalue weighted by atomic mass is 9.80. The minimum absolute atomic E-state index is 0.0802. The molecule has 0 saturated carbocycles. The molecule has 170 valence electrons. The van der Waals surface area contributed by atoms with Gasteiger partial charge in [-0.2, -0.15) is 0 Å². The Hall–Kier alpha value is -3.60. The third kappa shape index (κ3) is 2.61. The highest BCUT2D eigenvalue weighted by Gasteiger charge is 2.45. The maximum atomic E-state index is 13.4. The van der Waals surface area contributed by atoms with E-state index in [0.29, 0.717) is 22.4 Å². The Morgan fingerprint density at radius 1 is 1.18 bits per heavy atom. The largest absolute Gasteiger partial charge is 0.490 e. The quantitative estimate of drug-likeness (QED) is 0.200. The van der Waals surface area contributed by atoms with Crippen molar-refractivity contribution in [3.05, 3.63) is 63.1 Å². The molecule has 5 heterocycles. The van der Waals surface area contributed by atoms with Gasteiger partial charge in [0.25, 0.3) is 5.56 Å². The molecule has 0 radical (unpaired) electrons. The third-order valence-corrected chi connectivity index (χ3v) is 7.11.